The van der Waals surface area contributed by atoms with Crippen LogP contribution in [0.4, 0.5) is 10.5 Å². The molecule has 2 aromatic carbocycles. The number of hydrogen-bond donors (Lipinski definition) is 1. The topological polar surface area (TPSA) is 77.1 Å². The summed E-state index contributed by atoms with van der Waals surface area (Å²) in [7, 11) is 0. The third kappa shape index (κ3) is 4.93. The molecule has 0 saturated carbocycles. The highest BCUT2D eigenvalue weighted by Gasteiger charge is 2.31. The number of ether oxygens (including phenoxy) is 3. The van der Waals surface area contributed by atoms with E-state index in [0.29, 0.717) is 31.0 Å². The minimum absolute atomic E-state index is 0.00268. The first-order chi connectivity index (χ1) is 14.8. The van der Waals surface area contributed by atoms with Crippen LogP contribution in [0.1, 0.15) is 55.6 Å². The lowest BCUT2D eigenvalue weighted by Gasteiger charge is -2.27. The molecule has 1 atom stereocenters. The standard InChI is InChI=1S/C24H28N2O5/c1-24(2,3)31-23(28)25-18-9-6-16(7-10-18)22(27)26-12-4-5-19(26)17-8-11-20-21(15-17)30-14-13-29-20/h6-11,15,19H,4-5,12-14H2,1-3H3,(H,25,28). The Morgan fingerprint density at radius 1 is 1.03 bits per heavy atom. The second kappa shape index (κ2) is 8.49. The van der Waals surface area contributed by atoms with Crippen LogP contribution >= 0.6 is 0 Å². The van der Waals surface area contributed by atoms with Gasteiger partial charge in [0.25, 0.3) is 5.91 Å². The van der Waals surface area contributed by atoms with Crippen LogP contribution in [0.2, 0.25) is 0 Å². The molecule has 0 aromatic heterocycles. The van der Waals surface area contributed by atoms with Gasteiger partial charge < -0.3 is 19.1 Å². The molecule has 1 unspecified atom stereocenters. The van der Waals surface area contributed by atoms with Gasteiger partial charge in [-0.15, -0.1) is 0 Å². The van der Waals surface area contributed by atoms with Crippen molar-refractivity contribution >= 4 is 17.7 Å². The van der Waals surface area contributed by atoms with E-state index in [1.54, 1.807) is 24.3 Å². The maximum absolute atomic E-state index is 13.2. The molecule has 31 heavy (non-hydrogen) atoms. The summed E-state index contributed by atoms with van der Waals surface area (Å²) in [5, 5.41) is 2.69. The van der Waals surface area contributed by atoms with Crippen molar-refractivity contribution in [3.05, 3.63) is 53.6 Å². The second-order valence-electron chi connectivity index (χ2n) is 8.76. The average Bonchev–Trinajstić information content (AvgIpc) is 3.22. The van der Waals surface area contributed by atoms with Crippen molar-refractivity contribution in [1.82, 2.24) is 4.90 Å². The number of amides is 2. The maximum Gasteiger partial charge on any atom is 0.412 e. The number of carbonyl (C=O) groups is 2. The maximum atomic E-state index is 13.2. The highest BCUT2D eigenvalue weighted by Crippen LogP contribution is 2.38. The fourth-order valence-corrected chi connectivity index (χ4v) is 3.91. The minimum Gasteiger partial charge on any atom is -0.486 e. The normalized spacial score (nSPS) is 17.9. The van der Waals surface area contributed by atoms with Gasteiger partial charge in [-0.1, -0.05) is 6.07 Å². The van der Waals surface area contributed by atoms with Gasteiger partial charge >= 0.3 is 6.09 Å². The van der Waals surface area contributed by atoms with Gasteiger partial charge in [0, 0.05) is 17.8 Å². The predicted octanol–water partition coefficient (Wildman–Crippen LogP) is 4.78. The third-order valence-electron chi connectivity index (χ3n) is 5.24. The van der Waals surface area contributed by atoms with Gasteiger partial charge in [0.1, 0.15) is 18.8 Å². The molecule has 7 heteroatoms. The number of fused-ring (bicyclic) bond motifs is 1. The van der Waals surface area contributed by atoms with Crippen LogP contribution in [0, 0.1) is 0 Å². The Morgan fingerprint density at radius 3 is 2.45 bits per heavy atom. The Kier molecular flexibility index (Phi) is 5.76. The Balaban J connectivity index is 1.45. The molecular weight excluding hydrogens is 396 g/mol. The van der Waals surface area contributed by atoms with E-state index in [9.17, 15) is 9.59 Å². The van der Waals surface area contributed by atoms with Crippen LogP contribution in [0.15, 0.2) is 42.5 Å². The Labute approximate surface area is 182 Å². The summed E-state index contributed by atoms with van der Waals surface area (Å²) in [6.45, 7) is 7.22. The SMILES string of the molecule is CC(C)(C)OC(=O)Nc1ccc(C(=O)N2CCCC2c2ccc3c(c2)OCCO3)cc1. The van der Waals surface area contributed by atoms with E-state index in [1.807, 2.05) is 43.9 Å². The summed E-state index contributed by atoms with van der Waals surface area (Å²) in [6, 6.07) is 12.8. The lowest BCUT2D eigenvalue weighted by Crippen LogP contribution is -2.30. The first-order valence-corrected chi connectivity index (χ1v) is 10.6. The number of nitrogens with zero attached hydrogens (tertiary/aromatic N) is 1. The summed E-state index contributed by atoms with van der Waals surface area (Å²) in [5.41, 5.74) is 1.65. The van der Waals surface area contributed by atoms with Crippen molar-refractivity contribution in [1.29, 1.82) is 0 Å². The lowest BCUT2D eigenvalue weighted by molar-refractivity contribution is 0.0635. The average molecular weight is 424 g/mol. The van der Waals surface area contributed by atoms with Crippen molar-refractivity contribution in [2.24, 2.45) is 0 Å². The highest BCUT2D eigenvalue weighted by molar-refractivity contribution is 5.95. The summed E-state index contributed by atoms with van der Waals surface area (Å²) < 4.78 is 16.6. The fourth-order valence-electron chi connectivity index (χ4n) is 3.91. The van der Waals surface area contributed by atoms with E-state index in [2.05, 4.69) is 5.32 Å². The largest absolute Gasteiger partial charge is 0.486 e. The Hall–Kier alpha value is -3.22. The van der Waals surface area contributed by atoms with Gasteiger partial charge in [0.05, 0.1) is 6.04 Å². The molecule has 164 valence electrons. The molecule has 2 aromatic rings. The van der Waals surface area contributed by atoms with Crippen LogP contribution < -0.4 is 14.8 Å². The van der Waals surface area contributed by atoms with Crippen molar-refractivity contribution in [2.45, 2.75) is 45.3 Å². The number of likely N-dealkylation sites (tertiary alicyclic amines) is 1. The van der Waals surface area contributed by atoms with Gasteiger partial charge in [0.2, 0.25) is 0 Å². The minimum atomic E-state index is -0.571. The number of rotatable bonds is 3. The zero-order valence-corrected chi connectivity index (χ0v) is 18.1. The number of nitrogens with one attached hydrogen (secondary N) is 1. The molecule has 2 aliphatic heterocycles. The summed E-state index contributed by atoms with van der Waals surface area (Å²) in [6.07, 6.45) is 1.33. The van der Waals surface area contributed by atoms with Crippen LogP contribution in [-0.2, 0) is 4.74 Å². The fraction of sp³-hybridized carbons (Fsp3) is 0.417. The van der Waals surface area contributed by atoms with E-state index >= 15 is 0 Å². The molecule has 0 aliphatic carbocycles. The molecule has 0 spiro atoms. The van der Waals surface area contributed by atoms with Gasteiger partial charge in [0.15, 0.2) is 11.5 Å². The van der Waals surface area contributed by atoms with E-state index in [4.69, 9.17) is 14.2 Å². The molecule has 0 radical (unpaired) electrons. The summed E-state index contributed by atoms with van der Waals surface area (Å²) in [5.74, 6) is 1.46. The molecule has 1 saturated heterocycles. The van der Waals surface area contributed by atoms with Gasteiger partial charge in [-0.2, -0.15) is 0 Å². The molecule has 1 N–H and O–H groups in total. The number of anilines is 1. The highest BCUT2D eigenvalue weighted by atomic mass is 16.6. The molecule has 0 bridgehead atoms. The zero-order chi connectivity index (χ0) is 22.0. The molecule has 2 aliphatic rings. The molecular formula is C24H28N2O5. The second-order valence-corrected chi connectivity index (χ2v) is 8.76. The van der Waals surface area contributed by atoms with Crippen LogP contribution in [-0.4, -0.2) is 42.3 Å². The van der Waals surface area contributed by atoms with Gasteiger partial charge in [-0.05, 0) is 75.6 Å². The summed E-state index contributed by atoms with van der Waals surface area (Å²) >= 11 is 0. The Morgan fingerprint density at radius 2 is 1.74 bits per heavy atom. The van der Waals surface area contributed by atoms with E-state index < -0.39 is 11.7 Å². The van der Waals surface area contributed by atoms with Gasteiger partial charge in [-0.25, -0.2) is 4.79 Å². The van der Waals surface area contributed by atoms with E-state index in [0.717, 1.165) is 29.9 Å². The molecule has 7 nitrogen and oxygen atoms in total. The monoisotopic (exact) mass is 424 g/mol. The van der Waals surface area contributed by atoms with Crippen molar-refractivity contribution in [3.63, 3.8) is 0 Å². The third-order valence-corrected chi connectivity index (χ3v) is 5.24. The molecule has 2 amide bonds. The Bertz CT molecular complexity index is 965. The lowest BCUT2D eigenvalue weighted by atomic mass is 10.0. The van der Waals surface area contributed by atoms with Crippen molar-refractivity contribution in [3.8, 4) is 11.5 Å². The molecule has 2 heterocycles. The number of carbonyl (C=O) groups excluding carboxylic acids is 2. The number of hydrogen-bond acceptors (Lipinski definition) is 5. The first kappa shape index (κ1) is 21.0. The predicted molar refractivity (Wildman–Crippen MR) is 117 cm³/mol. The van der Waals surface area contributed by atoms with Crippen LogP contribution in [0.3, 0.4) is 0 Å². The van der Waals surface area contributed by atoms with E-state index in [1.165, 1.54) is 0 Å². The summed E-state index contributed by atoms with van der Waals surface area (Å²) in [4.78, 5) is 27.0. The number of benzene rings is 2. The van der Waals surface area contributed by atoms with Crippen LogP contribution in [0.5, 0.6) is 11.5 Å². The van der Waals surface area contributed by atoms with Crippen LogP contribution in [0.25, 0.3) is 0 Å². The molecule has 4 rings (SSSR count). The van der Waals surface area contributed by atoms with Crippen molar-refractivity contribution in [2.75, 3.05) is 25.1 Å². The van der Waals surface area contributed by atoms with E-state index in [-0.39, 0.29) is 11.9 Å². The van der Waals surface area contributed by atoms with Crippen molar-refractivity contribution < 1.29 is 23.8 Å². The quantitative estimate of drug-likeness (QED) is 0.767. The zero-order valence-electron chi connectivity index (χ0n) is 18.1. The smallest absolute Gasteiger partial charge is 0.412 e. The first-order valence-electron chi connectivity index (χ1n) is 10.6. The molecule has 1 fully saturated rings. The van der Waals surface area contributed by atoms with Gasteiger partial charge in [-0.3, -0.25) is 10.1 Å².